The van der Waals surface area contributed by atoms with E-state index in [-0.39, 0.29) is 0 Å². The number of aliphatic hydroxyl groups excluding tert-OH is 1. The molecule has 5 heteroatoms. The Morgan fingerprint density at radius 3 is 2.65 bits per heavy atom. The fourth-order valence-corrected chi connectivity index (χ4v) is 3.07. The van der Waals surface area contributed by atoms with Crippen LogP contribution < -0.4 is 0 Å². The van der Waals surface area contributed by atoms with Crippen molar-refractivity contribution in [3.05, 3.63) is 17.5 Å². The molecule has 0 spiro atoms. The molecule has 0 saturated carbocycles. The number of nitrogens with zero attached hydrogens (tertiary/aromatic N) is 4. The summed E-state index contributed by atoms with van der Waals surface area (Å²) in [4.78, 5) is 4.93. The number of hydrogen-bond donors (Lipinski definition) is 1. The van der Waals surface area contributed by atoms with Crippen molar-refractivity contribution in [2.75, 3.05) is 33.3 Å². The third-order valence-corrected chi connectivity index (χ3v) is 4.36. The molecule has 1 aliphatic rings. The highest BCUT2D eigenvalue weighted by molar-refractivity contribution is 5.15. The van der Waals surface area contributed by atoms with Gasteiger partial charge in [0, 0.05) is 44.5 Å². The minimum Gasteiger partial charge on any atom is -0.396 e. The Bertz CT molecular complexity index is 410. The molecule has 1 aliphatic heterocycles. The van der Waals surface area contributed by atoms with Crippen LogP contribution in [-0.2, 0) is 13.6 Å². The van der Waals surface area contributed by atoms with Gasteiger partial charge >= 0.3 is 0 Å². The predicted octanol–water partition coefficient (Wildman–Crippen LogP) is 1.01. The lowest BCUT2D eigenvalue weighted by molar-refractivity contribution is 0.117. The topological polar surface area (TPSA) is 44.5 Å². The van der Waals surface area contributed by atoms with Crippen molar-refractivity contribution in [1.29, 1.82) is 0 Å². The summed E-state index contributed by atoms with van der Waals surface area (Å²) in [5.74, 6) is 0. The molecule has 1 fully saturated rings. The molecular weight excluding hydrogens is 252 g/mol. The monoisotopic (exact) mass is 280 g/mol. The Morgan fingerprint density at radius 2 is 2.10 bits per heavy atom. The van der Waals surface area contributed by atoms with Gasteiger partial charge in [-0.1, -0.05) is 0 Å². The van der Waals surface area contributed by atoms with Crippen LogP contribution in [0.15, 0.2) is 6.20 Å². The van der Waals surface area contributed by atoms with E-state index in [4.69, 9.17) is 5.11 Å². The molecule has 20 heavy (non-hydrogen) atoms. The number of likely N-dealkylation sites (tertiary alicyclic amines) is 1. The van der Waals surface area contributed by atoms with E-state index >= 15 is 0 Å². The van der Waals surface area contributed by atoms with Crippen molar-refractivity contribution in [3.8, 4) is 0 Å². The Morgan fingerprint density at radius 1 is 1.40 bits per heavy atom. The quantitative estimate of drug-likeness (QED) is 0.844. The van der Waals surface area contributed by atoms with Crippen LogP contribution in [0.4, 0.5) is 0 Å². The maximum Gasteiger partial charge on any atom is 0.0638 e. The maximum absolute atomic E-state index is 8.90. The Kier molecular flexibility index (Phi) is 5.57. The van der Waals surface area contributed by atoms with E-state index in [1.165, 1.54) is 18.4 Å². The number of aromatic nitrogens is 2. The van der Waals surface area contributed by atoms with Crippen LogP contribution in [0.25, 0.3) is 0 Å². The fourth-order valence-electron chi connectivity index (χ4n) is 3.07. The van der Waals surface area contributed by atoms with Crippen LogP contribution in [0.2, 0.25) is 0 Å². The van der Waals surface area contributed by atoms with Crippen LogP contribution in [0.1, 0.15) is 30.5 Å². The molecule has 5 nitrogen and oxygen atoms in total. The van der Waals surface area contributed by atoms with Gasteiger partial charge in [0.05, 0.1) is 5.69 Å². The molecule has 2 heterocycles. The molecule has 0 aromatic carbocycles. The molecule has 0 atom stereocenters. The first-order valence-corrected chi connectivity index (χ1v) is 7.62. The van der Waals surface area contributed by atoms with Gasteiger partial charge in [-0.15, -0.1) is 0 Å². The second kappa shape index (κ2) is 7.20. The van der Waals surface area contributed by atoms with Gasteiger partial charge in [-0.2, -0.15) is 5.10 Å². The zero-order valence-electron chi connectivity index (χ0n) is 13.0. The van der Waals surface area contributed by atoms with Crippen molar-refractivity contribution >= 4 is 0 Å². The molecule has 0 radical (unpaired) electrons. The zero-order valence-corrected chi connectivity index (χ0v) is 13.0. The summed E-state index contributed by atoms with van der Waals surface area (Å²) in [6.45, 7) is 6.72. The van der Waals surface area contributed by atoms with E-state index in [0.717, 1.165) is 38.3 Å². The van der Waals surface area contributed by atoms with E-state index in [9.17, 15) is 0 Å². The normalized spacial score (nSPS) is 18.1. The van der Waals surface area contributed by atoms with Gasteiger partial charge in [0.2, 0.25) is 0 Å². The molecule has 0 bridgehead atoms. The SMILES string of the molecule is Cc1nn(C)cc1CN1CCC(N(C)CCCO)CC1. The summed E-state index contributed by atoms with van der Waals surface area (Å²) < 4.78 is 1.90. The first-order chi connectivity index (χ1) is 9.60. The van der Waals surface area contributed by atoms with Gasteiger partial charge in [0.25, 0.3) is 0 Å². The third-order valence-electron chi connectivity index (χ3n) is 4.36. The summed E-state index contributed by atoms with van der Waals surface area (Å²) in [5, 5.41) is 13.3. The second-order valence-corrected chi connectivity index (χ2v) is 5.98. The first kappa shape index (κ1) is 15.5. The van der Waals surface area contributed by atoms with Crippen LogP contribution in [0.5, 0.6) is 0 Å². The number of rotatable bonds is 6. The van der Waals surface area contributed by atoms with Gasteiger partial charge < -0.3 is 10.0 Å². The van der Waals surface area contributed by atoms with Crippen molar-refractivity contribution in [2.45, 2.75) is 38.8 Å². The molecule has 0 aliphatic carbocycles. The average molecular weight is 280 g/mol. The first-order valence-electron chi connectivity index (χ1n) is 7.62. The van der Waals surface area contributed by atoms with E-state index in [2.05, 4.69) is 35.1 Å². The lowest BCUT2D eigenvalue weighted by Crippen LogP contribution is -2.43. The smallest absolute Gasteiger partial charge is 0.0638 e. The molecule has 2 rings (SSSR count). The lowest BCUT2D eigenvalue weighted by atomic mass is 10.0. The third kappa shape index (κ3) is 4.04. The van der Waals surface area contributed by atoms with Gasteiger partial charge in [-0.25, -0.2) is 0 Å². The predicted molar refractivity (Wildman–Crippen MR) is 80.6 cm³/mol. The van der Waals surface area contributed by atoms with Crippen molar-refractivity contribution in [1.82, 2.24) is 19.6 Å². The number of hydrogen-bond acceptors (Lipinski definition) is 4. The van der Waals surface area contributed by atoms with E-state index < -0.39 is 0 Å². The van der Waals surface area contributed by atoms with Gasteiger partial charge in [-0.05, 0) is 46.3 Å². The maximum atomic E-state index is 8.90. The minimum atomic E-state index is 0.295. The summed E-state index contributed by atoms with van der Waals surface area (Å²) in [6.07, 6.45) is 5.46. The molecule has 114 valence electrons. The Balaban J connectivity index is 1.78. The van der Waals surface area contributed by atoms with Crippen molar-refractivity contribution in [3.63, 3.8) is 0 Å². The highest BCUT2D eigenvalue weighted by atomic mass is 16.3. The van der Waals surface area contributed by atoms with Crippen LogP contribution >= 0.6 is 0 Å². The average Bonchev–Trinajstić information content (AvgIpc) is 2.75. The molecule has 0 amide bonds. The lowest BCUT2D eigenvalue weighted by Gasteiger charge is -2.36. The van der Waals surface area contributed by atoms with Gasteiger partial charge in [0.15, 0.2) is 0 Å². The van der Waals surface area contributed by atoms with Crippen LogP contribution in [0.3, 0.4) is 0 Å². The van der Waals surface area contributed by atoms with Crippen LogP contribution in [-0.4, -0.2) is 64.0 Å². The molecular formula is C15H28N4O. The summed E-state index contributed by atoms with van der Waals surface area (Å²) >= 11 is 0. The van der Waals surface area contributed by atoms with E-state index in [1.54, 1.807) is 0 Å². The minimum absolute atomic E-state index is 0.295. The molecule has 1 saturated heterocycles. The molecule has 1 aromatic heterocycles. The van der Waals surface area contributed by atoms with Gasteiger partial charge in [-0.3, -0.25) is 9.58 Å². The summed E-state index contributed by atoms with van der Waals surface area (Å²) in [6, 6.07) is 0.674. The Labute approximate surface area is 122 Å². The largest absolute Gasteiger partial charge is 0.396 e. The molecule has 1 N–H and O–H groups in total. The molecule has 0 unspecified atom stereocenters. The number of aliphatic hydroxyl groups is 1. The standard InChI is InChI=1S/C15H28N4O/c1-13-14(11-18(3)16-13)12-19-8-5-15(6-9-19)17(2)7-4-10-20/h11,15,20H,4-10,12H2,1-3H3. The Hall–Kier alpha value is -0.910. The highest BCUT2D eigenvalue weighted by Crippen LogP contribution is 2.18. The number of piperidine rings is 1. The van der Waals surface area contributed by atoms with Gasteiger partial charge in [0.1, 0.15) is 0 Å². The van der Waals surface area contributed by atoms with E-state index in [1.807, 2.05) is 11.7 Å². The zero-order chi connectivity index (χ0) is 14.5. The van der Waals surface area contributed by atoms with Crippen LogP contribution in [0, 0.1) is 6.92 Å². The van der Waals surface area contributed by atoms with Crippen molar-refractivity contribution in [2.24, 2.45) is 7.05 Å². The molecule has 1 aromatic rings. The van der Waals surface area contributed by atoms with E-state index in [0.29, 0.717) is 12.6 Å². The van der Waals surface area contributed by atoms with Crippen molar-refractivity contribution < 1.29 is 5.11 Å². The highest BCUT2D eigenvalue weighted by Gasteiger charge is 2.22. The fraction of sp³-hybridized carbons (Fsp3) is 0.800. The summed E-state index contributed by atoms with van der Waals surface area (Å²) in [5.41, 5.74) is 2.49. The number of aryl methyl sites for hydroxylation is 2. The summed E-state index contributed by atoms with van der Waals surface area (Å²) in [7, 11) is 4.17. The second-order valence-electron chi connectivity index (χ2n) is 5.98.